The van der Waals surface area contributed by atoms with Gasteiger partial charge in [0.15, 0.2) is 0 Å². The summed E-state index contributed by atoms with van der Waals surface area (Å²) in [6.45, 7) is 0. The summed E-state index contributed by atoms with van der Waals surface area (Å²) >= 11 is 0. The van der Waals surface area contributed by atoms with Crippen molar-refractivity contribution in [2.24, 2.45) is 5.73 Å². The Hall–Kier alpha value is -1.62. The maximum Gasteiger partial charge on any atom is 0.322 e. The van der Waals surface area contributed by atoms with Crippen LogP contribution in [0.2, 0.25) is 0 Å². The van der Waals surface area contributed by atoms with Crippen LogP contribution in [-0.2, 0) is 16.0 Å². The van der Waals surface area contributed by atoms with Gasteiger partial charge in [0.1, 0.15) is 11.9 Å². The lowest BCUT2D eigenvalue weighted by Crippen LogP contribution is -2.33. The van der Waals surface area contributed by atoms with Crippen molar-refractivity contribution in [3.63, 3.8) is 0 Å². The molecule has 0 aromatic heterocycles. The molecule has 0 heterocycles. The van der Waals surface area contributed by atoms with Crippen LogP contribution < -0.4 is 11.5 Å². The first-order valence-electron chi connectivity index (χ1n) is 4.42. The first kappa shape index (κ1) is 11.5. The van der Waals surface area contributed by atoms with Crippen LogP contribution in [0.3, 0.4) is 0 Å². The average Bonchev–Trinajstić information content (AvgIpc) is 2.20. The lowest BCUT2D eigenvalue weighted by Gasteiger charge is -2.10. The molecule has 4 nitrogen and oxygen atoms in total. The molecule has 0 unspecified atom stereocenters. The third-order valence-corrected chi connectivity index (χ3v) is 2.05. The summed E-state index contributed by atoms with van der Waals surface area (Å²) in [5, 5.41) is 0. The molecule has 1 aromatic carbocycles. The van der Waals surface area contributed by atoms with Crippen LogP contribution in [0.15, 0.2) is 18.2 Å². The predicted molar refractivity (Wildman–Crippen MR) is 54.5 cm³/mol. The minimum absolute atomic E-state index is 0.235. The van der Waals surface area contributed by atoms with Crippen LogP contribution in [0.25, 0.3) is 0 Å². The van der Waals surface area contributed by atoms with E-state index in [9.17, 15) is 9.18 Å². The minimum Gasteiger partial charge on any atom is -0.468 e. The van der Waals surface area contributed by atoms with E-state index in [4.69, 9.17) is 11.5 Å². The fourth-order valence-electron chi connectivity index (χ4n) is 1.22. The van der Waals surface area contributed by atoms with Gasteiger partial charge < -0.3 is 16.2 Å². The molecule has 1 aromatic rings. The maximum absolute atomic E-state index is 12.7. The first-order chi connectivity index (χ1) is 7.04. The van der Waals surface area contributed by atoms with Crippen LogP contribution >= 0.6 is 0 Å². The van der Waals surface area contributed by atoms with Crippen molar-refractivity contribution in [3.05, 3.63) is 29.6 Å². The summed E-state index contributed by atoms with van der Waals surface area (Å²) in [6, 6.07) is 3.20. The minimum atomic E-state index is -0.775. The fourth-order valence-corrected chi connectivity index (χ4v) is 1.22. The normalized spacial score (nSPS) is 12.2. The molecule has 4 N–H and O–H groups in total. The number of hydrogen-bond donors (Lipinski definition) is 2. The highest BCUT2D eigenvalue weighted by atomic mass is 19.1. The van der Waals surface area contributed by atoms with Gasteiger partial charge in [-0.05, 0) is 17.7 Å². The zero-order chi connectivity index (χ0) is 11.4. The number of anilines is 1. The van der Waals surface area contributed by atoms with Gasteiger partial charge in [-0.25, -0.2) is 4.39 Å². The largest absolute Gasteiger partial charge is 0.468 e. The van der Waals surface area contributed by atoms with Gasteiger partial charge >= 0.3 is 5.97 Å². The number of hydrogen-bond acceptors (Lipinski definition) is 4. The monoisotopic (exact) mass is 212 g/mol. The summed E-state index contributed by atoms with van der Waals surface area (Å²) < 4.78 is 17.2. The molecule has 0 fully saturated rings. The standard InChI is InChI=1S/C10H13FN2O2/c1-15-10(14)9(13)4-6-2-3-7(11)5-8(6)12/h2-3,5,9H,4,12-13H2,1H3/t9-/m0/s1. The molecule has 0 aliphatic heterocycles. The highest BCUT2D eigenvalue weighted by Gasteiger charge is 2.15. The molecule has 82 valence electrons. The topological polar surface area (TPSA) is 78.3 Å². The molecule has 0 amide bonds. The van der Waals surface area contributed by atoms with Crippen molar-refractivity contribution in [1.82, 2.24) is 0 Å². The van der Waals surface area contributed by atoms with Crippen LogP contribution in [0.4, 0.5) is 10.1 Å². The van der Waals surface area contributed by atoms with Gasteiger partial charge in [-0.2, -0.15) is 0 Å². The maximum atomic E-state index is 12.7. The summed E-state index contributed by atoms with van der Waals surface area (Å²) in [7, 11) is 1.26. The van der Waals surface area contributed by atoms with E-state index in [1.165, 1.54) is 25.3 Å². The molecule has 0 radical (unpaired) electrons. The Morgan fingerprint density at radius 2 is 2.27 bits per heavy atom. The average molecular weight is 212 g/mol. The smallest absolute Gasteiger partial charge is 0.322 e. The highest BCUT2D eigenvalue weighted by molar-refractivity contribution is 5.76. The molecule has 0 aliphatic carbocycles. The molecule has 0 aliphatic rings. The summed E-state index contributed by atoms with van der Waals surface area (Å²) in [6.07, 6.45) is 0.235. The number of nitrogen functional groups attached to an aromatic ring is 1. The number of ether oxygens (including phenoxy) is 1. The Kier molecular flexibility index (Phi) is 3.62. The van der Waals surface area contributed by atoms with Gasteiger partial charge in [-0.1, -0.05) is 6.07 Å². The van der Waals surface area contributed by atoms with Gasteiger partial charge in [0.25, 0.3) is 0 Å². The van der Waals surface area contributed by atoms with Crippen LogP contribution in [0, 0.1) is 5.82 Å². The van der Waals surface area contributed by atoms with Crippen LogP contribution in [0.5, 0.6) is 0 Å². The molecule has 1 rings (SSSR count). The summed E-state index contributed by atoms with van der Waals surface area (Å²) in [5.74, 6) is -0.929. The summed E-state index contributed by atoms with van der Waals surface area (Å²) in [5.41, 5.74) is 12.0. The van der Waals surface area contributed by atoms with Gasteiger partial charge in [-0.15, -0.1) is 0 Å². The molecule has 1 atom stereocenters. The van der Waals surface area contributed by atoms with Crippen molar-refractivity contribution >= 4 is 11.7 Å². The Morgan fingerprint density at radius 1 is 1.60 bits per heavy atom. The number of halogens is 1. The Labute approximate surface area is 87.0 Å². The SMILES string of the molecule is COC(=O)[C@@H](N)Cc1ccc(F)cc1N. The zero-order valence-corrected chi connectivity index (χ0v) is 8.37. The van der Waals surface area contributed by atoms with Crippen LogP contribution in [0.1, 0.15) is 5.56 Å². The van der Waals surface area contributed by atoms with Crippen molar-refractivity contribution < 1.29 is 13.9 Å². The third-order valence-electron chi connectivity index (χ3n) is 2.05. The molecule has 0 bridgehead atoms. The predicted octanol–water partition coefficient (Wildman–Crippen LogP) is 0.451. The van der Waals surface area contributed by atoms with E-state index in [0.717, 1.165) is 0 Å². The number of benzene rings is 1. The Bertz CT molecular complexity index is 368. The van der Waals surface area contributed by atoms with Crippen molar-refractivity contribution in [1.29, 1.82) is 0 Å². The van der Waals surface area contributed by atoms with E-state index < -0.39 is 17.8 Å². The number of nitrogens with two attached hydrogens (primary N) is 2. The van der Waals surface area contributed by atoms with E-state index >= 15 is 0 Å². The quantitative estimate of drug-likeness (QED) is 0.563. The molecule has 5 heteroatoms. The van der Waals surface area contributed by atoms with Crippen molar-refractivity contribution in [3.8, 4) is 0 Å². The fraction of sp³-hybridized carbons (Fsp3) is 0.300. The van der Waals surface area contributed by atoms with Gasteiger partial charge in [0.05, 0.1) is 7.11 Å². The van der Waals surface area contributed by atoms with E-state index in [1.807, 2.05) is 0 Å². The molecule has 0 saturated carbocycles. The first-order valence-corrected chi connectivity index (χ1v) is 4.42. The molecule has 15 heavy (non-hydrogen) atoms. The van der Waals surface area contributed by atoms with Gasteiger partial charge in [-0.3, -0.25) is 4.79 Å². The second-order valence-electron chi connectivity index (χ2n) is 3.18. The van der Waals surface area contributed by atoms with Crippen LogP contribution in [-0.4, -0.2) is 19.1 Å². The van der Waals surface area contributed by atoms with Gasteiger partial charge in [0.2, 0.25) is 0 Å². The van der Waals surface area contributed by atoms with Crippen molar-refractivity contribution in [2.45, 2.75) is 12.5 Å². The summed E-state index contributed by atoms with van der Waals surface area (Å²) in [4.78, 5) is 11.0. The Morgan fingerprint density at radius 3 is 2.80 bits per heavy atom. The Balaban J connectivity index is 2.76. The number of methoxy groups -OCH3 is 1. The third kappa shape index (κ3) is 2.92. The number of rotatable bonds is 3. The number of carbonyl (C=O) groups is 1. The van der Waals surface area contributed by atoms with E-state index in [1.54, 1.807) is 0 Å². The number of carbonyl (C=O) groups excluding carboxylic acids is 1. The molecular formula is C10H13FN2O2. The van der Waals surface area contributed by atoms with E-state index in [-0.39, 0.29) is 12.1 Å². The van der Waals surface area contributed by atoms with E-state index in [0.29, 0.717) is 5.56 Å². The number of esters is 1. The highest BCUT2D eigenvalue weighted by Crippen LogP contribution is 2.15. The zero-order valence-electron chi connectivity index (χ0n) is 8.37. The second-order valence-corrected chi connectivity index (χ2v) is 3.18. The molecule has 0 saturated heterocycles. The lowest BCUT2D eigenvalue weighted by atomic mass is 10.0. The second kappa shape index (κ2) is 4.75. The van der Waals surface area contributed by atoms with Crippen molar-refractivity contribution in [2.75, 3.05) is 12.8 Å². The lowest BCUT2D eigenvalue weighted by molar-refractivity contribution is -0.142. The van der Waals surface area contributed by atoms with Gasteiger partial charge in [0, 0.05) is 12.1 Å². The molecule has 0 spiro atoms. The molecular weight excluding hydrogens is 199 g/mol. The van der Waals surface area contributed by atoms with E-state index in [2.05, 4.69) is 4.74 Å².